The van der Waals surface area contributed by atoms with Gasteiger partial charge in [-0.25, -0.2) is 9.09 Å². The lowest BCUT2D eigenvalue weighted by Crippen LogP contribution is -2.43. The molecule has 0 saturated carbocycles. The molecule has 0 radical (unpaired) electrons. The van der Waals surface area contributed by atoms with Crippen LogP contribution in [0.15, 0.2) is 158 Å². The minimum absolute atomic E-state index is 0.240. The van der Waals surface area contributed by atoms with Crippen LogP contribution in [0, 0.1) is 5.41 Å². The van der Waals surface area contributed by atoms with E-state index < -0.39 is 38.9 Å². The van der Waals surface area contributed by atoms with E-state index in [1.807, 2.05) is 97.1 Å². The number of phosphoric ester groups is 1. The fourth-order valence-electron chi connectivity index (χ4n) is 8.24. The van der Waals surface area contributed by atoms with Gasteiger partial charge in [0.05, 0.1) is 25.2 Å². The van der Waals surface area contributed by atoms with E-state index in [2.05, 4.69) is 116 Å². The molecule has 1 saturated heterocycles. The summed E-state index contributed by atoms with van der Waals surface area (Å²) in [5.41, 5.74) is 5.20. The Hall–Kier alpha value is -4.91. The second-order valence-corrected chi connectivity index (χ2v) is 21.2. The number of phosphoric acid groups is 1. The topological polar surface area (TPSA) is 101 Å². The lowest BCUT2D eigenvalue weighted by Gasteiger charge is -2.37. The molecule has 0 amide bonds. The van der Waals surface area contributed by atoms with Crippen molar-refractivity contribution in [3.05, 3.63) is 202 Å². The Morgan fingerprint density at radius 1 is 0.540 bits per heavy atom. The highest BCUT2D eigenvalue weighted by Crippen LogP contribution is 2.57. The molecule has 7 rings (SSSR count). The molecule has 10 heteroatoms. The number of aliphatic hydroxyl groups excluding tert-OH is 1. The molecule has 0 spiro atoms. The summed E-state index contributed by atoms with van der Waals surface area (Å²) in [5, 5.41) is 10.7. The first kappa shape index (κ1) is 46.1. The molecule has 1 fully saturated rings. The van der Waals surface area contributed by atoms with Gasteiger partial charge in [0.2, 0.25) is 0 Å². The summed E-state index contributed by atoms with van der Waals surface area (Å²) in [6, 6.07) is 52.7. The predicted octanol–water partition coefficient (Wildman–Crippen LogP) is 13.3. The monoisotopic (exact) mass is 885 g/mol. The van der Waals surface area contributed by atoms with E-state index in [1.54, 1.807) is 0 Å². The molecule has 0 bridgehead atoms. The standard InChI is InChI=1S/C53H59O8P2/c1-49(2,39-21-13-9-14-22-39)43-29-31-47(45(33-43)51(5,6)41-25-17-11-18-26-41)60-62(55)57-36-53(35-54)37-58-63(56,59-38-53)61-48-32-30-44(50(3,4)40-23-15-10-16-24-40)34-46(48)52(7,8)42-27-19-12-20-28-42/h9-34,54H,35-38H2,1-8H3/q+1. The maximum Gasteiger partial charge on any atom is 0.750 e. The van der Waals surface area contributed by atoms with Crippen molar-refractivity contribution < 1.29 is 36.9 Å². The van der Waals surface area contributed by atoms with Crippen molar-refractivity contribution in [2.45, 2.75) is 77.0 Å². The van der Waals surface area contributed by atoms with Crippen LogP contribution in [0.4, 0.5) is 0 Å². The van der Waals surface area contributed by atoms with Gasteiger partial charge in [0.25, 0.3) is 0 Å². The Morgan fingerprint density at radius 3 is 1.30 bits per heavy atom. The summed E-state index contributed by atoms with van der Waals surface area (Å²) in [5.74, 6) is 0.772. The van der Waals surface area contributed by atoms with E-state index in [9.17, 15) is 14.2 Å². The lowest BCUT2D eigenvalue weighted by molar-refractivity contribution is -0.0576. The van der Waals surface area contributed by atoms with Gasteiger partial charge in [-0.05, 0) is 45.5 Å². The molecular formula is C53H59O8P2+. The third kappa shape index (κ3) is 9.78. The van der Waals surface area contributed by atoms with E-state index in [-0.39, 0.29) is 30.7 Å². The molecule has 0 aromatic heterocycles. The van der Waals surface area contributed by atoms with Crippen LogP contribution in [-0.4, -0.2) is 31.5 Å². The summed E-state index contributed by atoms with van der Waals surface area (Å²) < 4.78 is 58.0. The Balaban J connectivity index is 1.09. The molecular weight excluding hydrogens is 827 g/mol. The van der Waals surface area contributed by atoms with Gasteiger partial charge in [-0.3, -0.25) is 9.05 Å². The highest BCUT2D eigenvalue weighted by atomic mass is 31.2. The molecule has 1 N–H and O–H groups in total. The van der Waals surface area contributed by atoms with Gasteiger partial charge in [0.15, 0.2) is 5.75 Å². The molecule has 63 heavy (non-hydrogen) atoms. The Labute approximate surface area is 374 Å². The number of hydrogen-bond acceptors (Lipinski definition) is 8. The average molecular weight is 886 g/mol. The number of hydrogen-bond donors (Lipinski definition) is 1. The molecule has 6 aromatic carbocycles. The van der Waals surface area contributed by atoms with Crippen LogP contribution in [0.3, 0.4) is 0 Å². The van der Waals surface area contributed by atoms with Crippen LogP contribution in [-0.2, 0) is 44.4 Å². The largest absolute Gasteiger partial charge is 0.750 e. The predicted molar refractivity (Wildman–Crippen MR) is 251 cm³/mol. The molecule has 328 valence electrons. The maximum absolute atomic E-state index is 14.3. The highest BCUT2D eigenvalue weighted by Gasteiger charge is 2.48. The highest BCUT2D eigenvalue weighted by molar-refractivity contribution is 7.49. The third-order valence-electron chi connectivity index (χ3n) is 13.0. The van der Waals surface area contributed by atoms with Crippen LogP contribution in [0.2, 0.25) is 0 Å². The van der Waals surface area contributed by atoms with Gasteiger partial charge in [0.1, 0.15) is 12.4 Å². The van der Waals surface area contributed by atoms with Crippen molar-refractivity contribution in [3.8, 4) is 11.5 Å². The smallest absolute Gasteiger partial charge is 0.404 e. The fourth-order valence-corrected chi connectivity index (χ4v) is 10.4. The number of aliphatic hydroxyl groups is 1. The van der Waals surface area contributed by atoms with Crippen molar-refractivity contribution in [2.75, 3.05) is 26.4 Å². The Kier molecular flexibility index (Phi) is 13.4. The summed E-state index contributed by atoms with van der Waals surface area (Å²) in [6.07, 6.45) is 0. The minimum Gasteiger partial charge on any atom is -0.404 e. The molecule has 8 nitrogen and oxygen atoms in total. The normalized spacial score (nSPS) is 18.7. The number of rotatable bonds is 16. The van der Waals surface area contributed by atoms with Crippen LogP contribution in [0.5, 0.6) is 11.5 Å². The van der Waals surface area contributed by atoms with Crippen LogP contribution < -0.4 is 9.05 Å². The molecule has 1 aliphatic heterocycles. The fraction of sp³-hybridized carbons (Fsp3) is 0.321. The molecule has 1 aliphatic rings. The van der Waals surface area contributed by atoms with E-state index in [0.717, 1.165) is 44.5 Å². The van der Waals surface area contributed by atoms with Crippen molar-refractivity contribution in [1.82, 2.24) is 0 Å². The first-order valence-corrected chi connectivity index (χ1v) is 24.0. The SMILES string of the molecule is CC(C)(c1ccccc1)c1ccc(O[P+](=O)OCC2(CO)COP(=O)(Oc3ccc(C(C)(C)c4ccccc4)cc3C(C)(C)c3ccccc3)OC2)c(C(C)(C)c2ccccc2)c1. The maximum atomic E-state index is 14.3. The van der Waals surface area contributed by atoms with Crippen molar-refractivity contribution in [1.29, 1.82) is 0 Å². The van der Waals surface area contributed by atoms with Crippen molar-refractivity contribution in [3.63, 3.8) is 0 Å². The second-order valence-electron chi connectivity index (χ2n) is 18.7. The molecule has 1 heterocycles. The zero-order valence-electron chi connectivity index (χ0n) is 37.5. The van der Waals surface area contributed by atoms with Crippen molar-refractivity contribution in [2.24, 2.45) is 5.41 Å². The summed E-state index contributed by atoms with van der Waals surface area (Å²) >= 11 is 0. The van der Waals surface area contributed by atoms with Gasteiger partial charge in [-0.2, -0.15) is 0 Å². The van der Waals surface area contributed by atoms with E-state index in [1.165, 1.54) is 0 Å². The molecule has 6 aromatic rings. The summed E-state index contributed by atoms with van der Waals surface area (Å²) in [4.78, 5) is 0. The molecule has 1 unspecified atom stereocenters. The van der Waals surface area contributed by atoms with E-state index >= 15 is 0 Å². The number of benzene rings is 6. The van der Waals surface area contributed by atoms with Crippen LogP contribution >= 0.6 is 16.1 Å². The Bertz CT molecular complexity index is 2540. The zero-order chi connectivity index (χ0) is 45.1. The Morgan fingerprint density at radius 2 is 0.905 bits per heavy atom. The second kappa shape index (κ2) is 18.3. The van der Waals surface area contributed by atoms with Gasteiger partial charge >= 0.3 is 16.1 Å². The average Bonchev–Trinajstić information content (AvgIpc) is 3.30. The lowest BCUT2D eigenvalue weighted by atomic mass is 9.73. The summed E-state index contributed by atoms with van der Waals surface area (Å²) in [7, 11) is -6.94. The van der Waals surface area contributed by atoms with E-state index in [0.29, 0.717) is 11.5 Å². The van der Waals surface area contributed by atoms with Gasteiger partial charge < -0.3 is 9.63 Å². The quantitative estimate of drug-likeness (QED) is 0.0959. The molecule has 1 atom stereocenters. The molecule has 0 aliphatic carbocycles. The third-order valence-corrected chi connectivity index (χ3v) is 15.0. The zero-order valence-corrected chi connectivity index (χ0v) is 39.3. The minimum atomic E-state index is -4.20. The van der Waals surface area contributed by atoms with Gasteiger partial charge in [-0.1, -0.05) is 201 Å². The van der Waals surface area contributed by atoms with Gasteiger partial charge in [-0.15, -0.1) is 4.52 Å². The summed E-state index contributed by atoms with van der Waals surface area (Å²) in [6.45, 7) is 16.0. The van der Waals surface area contributed by atoms with E-state index in [4.69, 9.17) is 22.6 Å². The van der Waals surface area contributed by atoms with Crippen LogP contribution in [0.1, 0.15) is 99.9 Å². The van der Waals surface area contributed by atoms with Crippen LogP contribution in [0.25, 0.3) is 0 Å². The first-order valence-electron chi connectivity index (χ1n) is 21.4. The first-order chi connectivity index (χ1) is 29.9. The van der Waals surface area contributed by atoms with Crippen molar-refractivity contribution >= 4 is 16.1 Å². The van der Waals surface area contributed by atoms with Gasteiger partial charge in [0, 0.05) is 37.4 Å².